The normalized spacial score (nSPS) is 10.2. The Hall–Kier alpha value is -2.49. The number of nitrogens with two attached hydrogens (primary N) is 1. The Morgan fingerprint density at radius 3 is 2.53 bits per heavy atom. The lowest BCUT2D eigenvalue weighted by atomic mass is 10.1. The number of nitrogen functional groups attached to an aromatic ring is 1. The number of hydrogen-bond acceptors (Lipinski definition) is 3. The Balaban J connectivity index is 2.28. The topological polar surface area (TPSA) is 75.4 Å². The Morgan fingerprint density at radius 1 is 1.16 bits per heavy atom. The summed E-state index contributed by atoms with van der Waals surface area (Å²) in [4.78, 5) is 12.2. The molecule has 1 amide bonds. The summed E-state index contributed by atoms with van der Waals surface area (Å²) in [5, 5.41) is 12.3. The third-order valence-electron chi connectivity index (χ3n) is 3.00. The fourth-order valence-electron chi connectivity index (χ4n) is 1.88. The number of phenols is 1. The van der Waals surface area contributed by atoms with Crippen molar-refractivity contribution in [3.63, 3.8) is 0 Å². The van der Waals surface area contributed by atoms with Crippen LogP contribution in [0.15, 0.2) is 36.4 Å². The van der Waals surface area contributed by atoms with Crippen molar-refractivity contribution in [2.24, 2.45) is 0 Å². The molecule has 4 nitrogen and oxygen atoms in total. The molecule has 0 heterocycles. The van der Waals surface area contributed by atoms with Gasteiger partial charge in [-0.1, -0.05) is 18.2 Å². The van der Waals surface area contributed by atoms with E-state index in [4.69, 9.17) is 5.73 Å². The maximum absolute atomic E-state index is 12.2. The Morgan fingerprint density at radius 2 is 1.89 bits per heavy atom. The number of aryl methyl sites for hydroxylation is 2. The average molecular weight is 256 g/mol. The minimum absolute atomic E-state index is 0.149. The molecule has 0 aromatic heterocycles. The van der Waals surface area contributed by atoms with Crippen LogP contribution in [0, 0.1) is 13.8 Å². The van der Waals surface area contributed by atoms with Crippen LogP contribution < -0.4 is 11.1 Å². The van der Waals surface area contributed by atoms with Gasteiger partial charge in [-0.3, -0.25) is 4.79 Å². The molecule has 0 bridgehead atoms. The lowest BCUT2D eigenvalue weighted by molar-refractivity contribution is 0.102. The standard InChI is InChI=1S/C15H16N2O2/c1-9-6-7-11(8-13(9)18)17-15(19)14-10(2)4-3-5-12(14)16/h3-8,18H,16H2,1-2H3,(H,17,19). The second-order valence-corrected chi connectivity index (χ2v) is 4.49. The molecule has 0 aliphatic rings. The predicted molar refractivity (Wildman–Crippen MR) is 76.4 cm³/mol. The highest BCUT2D eigenvalue weighted by atomic mass is 16.3. The van der Waals surface area contributed by atoms with E-state index in [1.807, 2.05) is 13.0 Å². The first kappa shape index (κ1) is 13.0. The molecule has 0 radical (unpaired) electrons. The van der Waals surface area contributed by atoms with Crippen LogP contribution in [0.2, 0.25) is 0 Å². The highest BCUT2D eigenvalue weighted by molar-refractivity contribution is 6.08. The molecule has 0 spiro atoms. The summed E-state index contributed by atoms with van der Waals surface area (Å²) < 4.78 is 0. The molecule has 4 N–H and O–H groups in total. The number of amides is 1. The van der Waals surface area contributed by atoms with Crippen LogP contribution in [0.1, 0.15) is 21.5 Å². The van der Waals surface area contributed by atoms with Crippen LogP contribution in [-0.4, -0.2) is 11.0 Å². The van der Waals surface area contributed by atoms with E-state index in [9.17, 15) is 9.90 Å². The summed E-state index contributed by atoms with van der Waals surface area (Å²) in [5.74, 6) is -0.130. The lowest BCUT2D eigenvalue weighted by Crippen LogP contribution is -2.15. The fourth-order valence-corrected chi connectivity index (χ4v) is 1.88. The van der Waals surface area contributed by atoms with Crippen molar-refractivity contribution >= 4 is 17.3 Å². The van der Waals surface area contributed by atoms with Crippen LogP contribution in [0.4, 0.5) is 11.4 Å². The second kappa shape index (κ2) is 5.02. The van der Waals surface area contributed by atoms with Crippen molar-refractivity contribution in [1.29, 1.82) is 0 Å². The summed E-state index contributed by atoms with van der Waals surface area (Å²) in [6.45, 7) is 3.62. The zero-order valence-electron chi connectivity index (χ0n) is 10.9. The highest BCUT2D eigenvalue weighted by Crippen LogP contribution is 2.23. The van der Waals surface area contributed by atoms with Gasteiger partial charge in [0.25, 0.3) is 5.91 Å². The second-order valence-electron chi connectivity index (χ2n) is 4.49. The van der Waals surface area contributed by atoms with Gasteiger partial charge in [0.15, 0.2) is 0 Å². The molecule has 4 heteroatoms. The minimum Gasteiger partial charge on any atom is -0.508 e. The van der Waals surface area contributed by atoms with Crippen LogP contribution in [0.3, 0.4) is 0 Å². The first-order valence-electron chi connectivity index (χ1n) is 5.95. The smallest absolute Gasteiger partial charge is 0.258 e. The van der Waals surface area contributed by atoms with Gasteiger partial charge in [-0.15, -0.1) is 0 Å². The lowest BCUT2D eigenvalue weighted by Gasteiger charge is -2.10. The van der Waals surface area contributed by atoms with Crippen molar-refractivity contribution in [3.05, 3.63) is 53.1 Å². The summed E-state index contributed by atoms with van der Waals surface area (Å²) >= 11 is 0. The first-order chi connectivity index (χ1) is 8.99. The van der Waals surface area contributed by atoms with Gasteiger partial charge in [0.2, 0.25) is 0 Å². The Labute approximate surface area is 111 Å². The Bertz CT molecular complexity index is 616. The van der Waals surface area contributed by atoms with E-state index in [0.717, 1.165) is 11.1 Å². The van der Waals surface area contributed by atoms with Crippen molar-refractivity contribution in [2.75, 3.05) is 11.1 Å². The van der Waals surface area contributed by atoms with E-state index in [0.29, 0.717) is 16.9 Å². The molecule has 2 aromatic carbocycles. The maximum atomic E-state index is 12.2. The average Bonchev–Trinajstić information content (AvgIpc) is 2.33. The van der Waals surface area contributed by atoms with E-state index in [-0.39, 0.29) is 11.7 Å². The third-order valence-corrected chi connectivity index (χ3v) is 3.00. The number of rotatable bonds is 2. The largest absolute Gasteiger partial charge is 0.508 e. The molecule has 0 saturated carbocycles. The summed E-state index contributed by atoms with van der Waals surface area (Å²) in [6, 6.07) is 10.3. The van der Waals surface area contributed by atoms with Gasteiger partial charge in [0.1, 0.15) is 5.75 Å². The molecule has 19 heavy (non-hydrogen) atoms. The number of carbonyl (C=O) groups excluding carboxylic acids is 1. The van der Waals surface area contributed by atoms with Gasteiger partial charge in [-0.25, -0.2) is 0 Å². The molecule has 0 saturated heterocycles. The van der Waals surface area contributed by atoms with E-state index in [1.165, 1.54) is 6.07 Å². The van der Waals surface area contributed by atoms with Gasteiger partial charge in [0.05, 0.1) is 5.56 Å². The molecule has 0 fully saturated rings. The molecular formula is C15H16N2O2. The molecule has 0 atom stereocenters. The summed E-state index contributed by atoms with van der Waals surface area (Å²) in [5.41, 5.74) is 8.83. The number of phenolic OH excluding ortho intramolecular Hbond substituents is 1. The van der Waals surface area contributed by atoms with Gasteiger partial charge in [0, 0.05) is 17.4 Å². The van der Waals surface area contributed by atoms with E-state index >= 15 is 0 Å². The van der Waals surface area contributed by atoms with Gasteiger partial charge < -0.3 is 16.2 Å². The molecule has 0 aliphatic carbocycles. The van der Waals surface area contributed by atoms with Crippen LogP contribution in [-0.2, 0) is 0 Å². The zero-order valence-corrected chi connectivity index (χ0v) is 10.9. The molecule has 2 aromatic rings. The third kappa shape index (κ3) is 2.68. The zero-order chi connectivity index (χ0) is 14.0. The van der Waals surface area contributed by atoms with Crippen molar-refractivity contribution in [1.82, 2.24) is 0 Å². The Kier molecular flexibility index (Phi) is 3.42. The van der Waals surface area contributed by atoms with Crippen molar-refractivity contribution in [2.45, 2.75) is 13.8 Å². The molecule has 0 aliphatic heterocycles. The quantitative estimate of drug-likeness (QED) is 0.723. The summed E-state index contributed by atoms with van der Waals surface area (Å²) in [6.07, 6.45) is 0. The number of carbonyl (C=O) groups is 1. The maximum Gasteiger partial charge on any atom is 0.258 e. The number of benzene rings is 2. The van der Waals surface area contributed by atoms with Crippen molar-refractivity contribution in [3.8, 4) is 5.75 Å². The van der Waals surface area contributed by atoms with Crippen molar-refractivity contribution < 1.29 is 9.90 Å². The van der Waals surface area contributed by atoms with Gasteiger partial charge in [-0.05, 0) is 37.1 Å². The number of nitrogens with one attached hydrogen (secondary N) is 1. The number of aromatic hydroxyl groups is 1. The SMILES string of the molecule is Cc1ccc(NC(=O)c2c(C)cccc2N)cc1O. The summed E-state index contributed by atoms with van der Waals surface area (Å²) in [7, 11) is 0. The molecular weight excluding hydrogens is 240 g/mol. The predicted octanol–water partition coefficient (Wildman–Crippen LogP) is 2.84. The van der Waals surface area contributed by atoms with Gasteiger partial charge in [-0.2, -0.15) is 0 Å². The number of anilines is 2. The van der Waals surface area contributed by atoms with E-state index in [1.54, 1.807) is 31.2 Å². The minimum atomic E-state index is -0.279. The van der Waals surface area contributed by atoms with Crippen LogP contribution >= 0.6 is 0 Å². The van der Waals surface area contributed by atoms with E-state index < -0.39 is 0 Å². The molecule has 2 rings (SSSR count). The first-order valence-corrected chi connectivity index (χ1v) is 5.95. The monoisotopic (exact) mass is 256 g/mol. The molecule has 0 unspecified atom stereocenters. The van der Waals surface area contributed by atoms with Crippen LogP contribution in [0.25, 0.3) is 0 Å². The van der Waals surface area contributed by atoms with Gasteiger partial charge >= 0.3 is 0 Å². The van der Waals surface area contributed by atoms with E-state index in [2.05, 4.69) is 5.32 Å². The molecule has 98 valence electrons. The number of hydrogen-bond donors (Lipinski definition) is 3. The van der Waals surface area contributed by atoms with Crippen LogP contribution in [0.5, 0.6) is 5.75 Å². The highest BCUT2D eigenvalue weighted by Gasteiger charge is 2.13. The fraction of sp³-hybridized carbons (Fsp3) is 0.133.